The average Bonchev–Trinajstić information content (AvgIpc) is 2.75. The number of nitrogen functional groups attached to an aromatic ring is 1. The summed E-state index contributed by atoms with van der Waals surface area (Å²) < 4.78 is 77.2. The first kappa shape index (κ1) is 37.5. The fourth-order valence-corrected chi connectivity index (χ4v) is 5.12. The zero-order chi connectivity index (χ0) is 27.9. The summed E-state index contributed by atoms with van der Waals surface area (Å²) in [6.45, 7) is 0.972. The van der Waals surface area contributed by atoms with E-state index in [9.17, 15) is 35.8 Å². The normalized spacial score (nSPS) is 10.8. The summed E-state index contributed by atoms with van der Waals surface area (Å²) >= 11 is 0. The third-order valence-electron chi connectivity index (χ3n) is 4.92. The average molecular weight is 568 g/mol. The van der Waals surface area contributed by atoms with E-state index in [0.717, 1.165) is 19.1 Å². The van der Waals surface area contributed by atoms with Gasteiger partial charge in [0.1, 0.15) is 30.0 Å². The van der Waals surface area contributed by atoms with Crippen LogP contribution in [-0.2, 0) is 25.0 Å². The summed E-state index contributed by atoms with van der Waals surface area (Å²) in [5.74, 6) is -3.15. The third kappa shape index (κ3) is 7.60. The van der Waals surface area contributed by atoms with Crippen molar-refractivity contribution < 1.29 is 107 Å². The van der Waals surface area contributed by atoms with Crippen LogP contribution in [0.3, 0.4) is 0 Å². The summed E-state index contributed by atoms with van der Waals surface area (Å²) in [4.78, 5) is 18.6. The number of carbonyl (C=O) groups is 2. The van der Waals surface area contributed by atoms with Crippen molar-refractivity contribution in [2.45, 2.75) is 16.7 Å². The molecule has 0 atom stereocenters. The number of rotatable bonds is 4. The summed E-state index contributed by atoms with van der Waals surface area (Å²) in [6.07, 6.45) is 0. The number of carboxylic acid groups (broad SMARTS) is 2. The van der Waals surface area contributed by atoms with Gasteiger partial charge in [-0.15, -0.1) is 0 Å². The number of nitrogens with one attached hydrogen (secondary N) is 1. The Morgan fingerprint density at radius 3 is 1.90 bits per heavy atom. The fourth-order valence-electron chi connectivity index (χ4n) is 3.67. The standard InChI is InChI=1S/C20H14N2O9S2.C2H4O2.3Li/c21-13-7-5-11-15(9-3-1-2-4-10(9)20(23)24)12-6-8-14(22)19(33(28,29)30)17(12)31-16(11)18(13)32(25,26)27;1-2(3)4;;;/h1-8,21H,22H2,(H,23,24)(H,25,26,27)(H,28,29,30);1H3,(H,3,4);;;/q;;3*+1/p-3. The molecule has 0 amide bonds. The molecule has 1 heterocycles. The van der Waals surface area contributed by atoms with Crippen LogP contribution >= 0.6 is 0 Å². The number of hydrogen-bond acceptors (Lipinski definition) is 12. The van der Waals surface area contributed by atoms with Crippen LogP contribution in [0.15, 0.2) is 62.7 Å². The van der Waals surface area contributed by atoms with Crippen molar-refractivity contribution >= 4 is 48.8 Å². The molecule has 0 bridgehead atoms. The first-order valence-electron chi connectivity index (χ1n) is 9.84. The molecule has 2 aromatic carbocycles. The number of aromatic carboxylic acids is 1. The molecule has 194 valence electrons. The van der Waals surface area contributed by atoms with Crippen molar-refractivity contribution in [3.8, 4) is 22.5 Å². The molecule has 0 radical (unpaired) electrons. The molecular formula is C22H15Li3N2O11S2. The Hall–Kier alpha value is -2.52. The van der Waals surface area contributed by atoms with Crippen molar-refractivity contribution in [1.29, 1.82) is 5.41 Å². The predicted molar refractivity (Wildman–Crippen MR) is 122 cm³/mol. The molecule has 0 unspecified atom stereocenters. The summed E-state index contributed by atoms with van der Waals surface area (Å²) in [7, 11) is -10.6. The minimum atomic E-state index is -5.32. The Bertz CT molecular complexity index is 1840. The second kappa shape index (κ2) is 13.9. The molecular weight excluding hydrogens is 553 g/mol. The quantitative estimate of drug-likeness (QED) is 0.0898. The van der Waals surface area contributed by atoms with Crippen LogP contribution in [0.2, 0.25) is 0 Å². The van der Waals surface area contributed by atoms with Gasteiger partial charge in [-0.2, -0.15) is 0 Å². The molecule has 40 heavy (non-hydrogen) atoms. The third-order valence-corrected chi connectivity index (χ3v) is 6.75. The molecule has 4 rings (SSSR count). The van der Waals surface area contributed by atoms with E-state index in [1.165, 1.54) is 36.4 Å². The van der Waals surface area contributed by atoms with Gasteiger partial charge in [-0.1, -0.05) is 18.2 Å². The molecule has 0 fully saturated rings. The summed E-state index contributed by atoms with van der Waals surface area (Å²) in [6, 6.07) is 10.2. The first-order chi connectivity index (χ1) is 17.1. The van der Waals surface area contributed by atoms with Crippen LogP contribution < -0.4 is 72.8 Å². The number of benzene rings is 3. The van der Waals surface area contributed by atoms with E-state index in [4.69, 9.17) is 25.5 Å². The van der Waals surface area contributed by atoms with Crippen molar-refractivity contribution in [2.75, 3.05) is 5.73 Å². The molecule has 1 aliphatic heterocycles. The van der Waals surface area contributed by atoms with Gasteiger partial charge < -0.3 is 34.3 Å². The van der Waals surface area contributed by atoms with E-state index >= 15 is 0 Å². The number of nitrogens with two attached hydrogens (primary N) is 1. The van der Waals surface area contributed by atoms with Crippen molar-refractivity contribution in [3.63, 3.8) is 0 Å². The maximum atomic E-state index is 12.0. The van der Waals surface area contributed by atoms with Gasteiger partial charge in [-0.25, -0.2) is 21.6 Å². The second-order valence-corrected chi connectivity index (χ2v) is 10.0. The van der Waals surface area contributed by atoms with Gasteiger partial charge in [-0.3, -0.25) is 5.41 Å². The molecule has 0 spiro atoms. The molecule has 0 aromatic heterocycles. The zero-order valence-corrected chi connectivity index (χ0v) is 23.2. The van der Waals surface area contributed by atoms with Crippen molar-refractivity contribution in [1.82, 2.24) is 0 Å². The van der Waals surface area contributed by atoms with Crippen LogP contribution in [0.5, 0.6) is 0 Å². The van der Waals surface area contributed by atoms with Gasteiger partial charge in [0, 0.05) is 22.5 Å². The first-order valence-corrected chi connectivity index (χ1v) is 12.7. The predicted octanol–water partition coefficient (Wildman–Crippen LogP) is -8.46. The molecule has 1 aliphatic carbocycles. The Balaban J connectivity index is 0.00000204. The monoisotopic (exact) mass is 568 g/mol. The topological polar surface area (TPSA) is 255 Å². The Labute approximate surface area is 263 Å². The SMILES string of the molecule is CC(=O)[O-].N=c1ccc2c(-c3ccccc3C(=O)O)c3ccc(N)c(S(=O)(=O)[O-])c3oc-2c1S(=O)(=O)[O-].[Li+].[Li+].[Li+]. The molecule has 13 nitrogen and oxygen atoms in total. The Kier molecular flexibility index (Phi) is 13.0. The number of aliphatic carboxylic acids is 1. The fraction of sp³-hybridized carbons (Fsp3) is 0.0455. The van der Waals surface area contributed by atoms with Crippen LogP contribution in [0, 0.1) is 5.41 Å². The van der Waals surface area contributed by atoms with Crippen LogP contribution in [0.1, 0.15) is 17.3 Å². The number of carboxylic acids is 2. The van der Waals surface area contributed by atoms with Crippen molar-refractivity contribution in [3.05, 3.63) is 59.5 Å². The molecule has 18 heteroatoms. The van der Waals surface area contributed by atoms with E-state index in [2.05, 4.69) is 0 Å². The number of hydrogen-bond donors (Lipinski definition) is 3. The Morgan fingerprint density at radius 2 is 1.40 bits per heavy atom. The minimum absolute atomic E-state index is 0. The van der Waals surface area contributed by atoms with Gasteiger partial charge in [0.2, 0.25) is 0 Å². The van der Waals surface area contributed by atoms with E-state index < -0.39 is 64.4 Å². The van der Waals surface area contributed by atoms with Gasteiger partial charge in [-0.05, 0) is 42.8 Å². The van der Waals surface area contributed by atoms with Gasteiger partial charge in [0.15, 0.2) is 11.3 Å². The summed E-state index contributed by atoms with van der Waals surface area (Å²) in [5.41, 5.74) is 4.15. The van der Waals surface area contributed by atoms with E-state index in [1.807, 2.05) is 0 Å². The maximum Gasteiger partial charge on any atom is 1.00 e. The summed E-state index contributed by atoms with van der Waals surface area (Å²) in [5, 5.41) is 25.6. The van der Waals surface area contributed by atoms with E-state index in [1.54, 1.807) is 0 Å². The number of fused-ring (bicyclic) bond motifs is 2. The maximum absolute atomic E-state index is 12.0. The molecule has 0 saturated heterocycles. The molecule has 0 saturated carbocycles. The second-order valence-electron chi connectivity index (χ2n) is 7.41. The van der Waals surface area contributed by atoms with Gasteiger partial charge in [0.05, 0.1) is 16.6 Å². The van der Waals surface area contributed by atoms with Gasteiger partial charge in [0.25, 0.3) is 0 Å². The minimum Gasteiger partial charge on any atom is -0.744 e. The van der Waals surface area contributed by atoms with E-state index in [-0.39, 0.29) is 84.2 Å². The molecule has 2 aromatic rings. The van der Waals surface area contributed by atoms with Crippen LogP contribution in [0.25, 0.3) is 33.4 Å². The number of anilines is 1. The van der Waals surface area contributed by atoms with E-state index in [0.29, 0.717) is 0 Å². The Morgan fingerprint density at radius 1 is 0.875 bits per heavy atom. The molecule has 2 aliphatic rings. The van der Waals surface area contributed by atoms with Crippen molar-refractivity contribution in [2.24, 2.45) is 0 Å². The molecule has 4 N–H and O–H groups in total. The van der Waals surface area contributed by atoms with Crippen LogP contribution in [0.4, 0.5) is 5.69 Å². The van der Waals surface area contributed by atoms with Crippen LogP contribution in [-0.4, -0.2) is 43.0 Å². The van der Waals surface area contributed by atoms with Gasteiger partial charge >= 0.3 is 62.6 Å². The largest absolute Gasteiger partial charge is 1.00 e. The zero-order valence-electron chi connectivity index (χ0n) is 21.5. The number of carbonyl (C=O) groups excluding carboxylic acids is 1. The smallest absolute Gasteiger partial charge is 0.744 e.